The van der Waals surface area contributed by atoms with Crippen LogP contribution in [0.15, 0.2) is 0 Å². The number of amides is 1. The average molecular weight is 330 g/mol. The Labute approximate surface area is 135 Å². The summed E-state index contributed by atoms with van der Waals surface area (Å²) < 4.78 is 10.4. The van der Waals surface area contributed by atoms with Crippen LogP contribution in [0.3, 0.4) is 0 Å². The molecule has 0 bridgehead atoms. The molecular weight excluding hydrogens is 304 g/mol. The zero-order valence-electron chi connectivity index (χ0n) is 14.0. The standard InChI is InChI=1S/C15H26N2O6/c1-8(18)22-12-7-10(16)9(6-13(19)20)5-11(12)17-14(21)23-15(2,3)4/h9-12H,5-7,16H2,1-4H3,(H,17,21)(H,19,20)/t9-,10-,11-,12-/m1/s1. The van der Waals surface area contributed by atoms with Crippen LogP contribution < -0.4 is 11.1 Å². The lowest BCUT2D eigenvalue weighted by Crippen LogP contribution is -2.55. The zero-order chi connectivity index (χ0) is 17.8. The molecule has 0 heterocycles. The number of ether oxygens (including phenoxy) is 2. The highest BCUT2D eigenvalue weighted by molar-refractivity contribution is 5.69. The van der Waals surface area contributed by atoms with E-state index in [1.807, 2.05) is 0 Å². The fourth-order valence-electron chi connectivity index (χ4n) is 2.69. The molecule has 1 aliphatic rings. The van der Waals surface area contributed by atoms with E-state index >= 15 is 0 Å². The van der Waals surface area contributed by atoms with Crippen molar-refractivity contribution >= 4 is 18.0 Å². The first-order valence-electron chi connectivity index (χ1n) is 7.62. The molecule has 1 amide bonds. The minimum absolute atomic E-state index is 0.0968. The van der Waals surface area contributed by atoms with Gasteiger partial charge in [0.2, 0.25) is 0 Å². The monoisotopic (exact) mass is 330 g/mol. The minimum Gasteiger partial charge on any atom is -0.481 e. The molecule has 1 saturated carbocycles. The molecule has 1 rings (SSSR count). The number of hydrogen-bond acceptors (Lipinski definition) is 6. The molecule has 4 N–H and O–H groups in total. The fourth-order valence-corrected chi connectivity index (χ4v) is 2.69. The second kappa shape index (κ2) is 7.63. The molecule has 0 aromatic rings. The number of rotatable bonds is 4. The zero-order valence-corrected chi connectivity index (χ0v) is 14.0. The normalized spacial score (nSPS) is 27.9. The minimum atomic E-state index is -0.951. The van der Waals surface area contributed by atoms with Crippen LogP contribution in [0, 0.1) is 5.92 Å². The van der Waals surface area contributed by atoms with Gasteiger partial charge in [-0.05, 0) is 33.1 Å². The third kappa shape index (κ3) is 6.85. The van der Waals surface area contributed by atoms with Gasteiger partial charge in [-0.1, -0.05) is 0 Å². The number of nitrogens with two attached hydrogens (primary N) is 1. The van der Waals surface area contributed by atoms with E-state index in [0.29, 0.717) is 6.42 Å². The molecule has 0 saturated heterocycles. The summed E-state index contributed by atoms with van der Waals surface area (Å²) in [5.74, 6) is -1.73. The molecule has 0 aromatic heterocycles. The number of esters is 1. The topological polar surface area (TPSA) is 128 Å². The smallest absolute Gasteiger partial charge is 0.408 e. The van der Waals surface area contributed by atoms with Crippen molar-refractivity contribution in [3.8, 4) is 0 Å². The van der Waals surface area contributed by atoms with Crippen LogP contribution >= 0.6 is 0 Å². The third-order valence-corrected chi connectivity index (χ3v) is 3.57. The molecule has 1 aliphatic carbocycles. The van der Waals surface area contributed by atoms with E-state index in [1.54, 1.807) is 20.8 Å². The summed E-state index contributed by atoms with van der Waals surface area (Å²) in [6, 6.07) is -0.940. The first kappa shape index (κ1) is 19.2. The van der Waals surface area contributed by atoms with E-state index in [-0.39, 0.29) is 18.8 Å². The lowest BCUT2D eigenvalue weighted by atomic mass is 9.78. The lowest BCUT2D eigenvalue weighted by molar-refractivity contribution is -0.151. The van der Waals surface area contributed by atoms with Gasteiger partial charge >= 0.3 is 18.0 Å². The van der Waals surface area contributed by atoms with Gasteiger partial charge in [-0.25, -0.2) is 4.79 Å². The van der Waals surface area contributed by atoms with Crippen LogP contribution in [0.1, 0.15) is 47.0 Å². The van der Waals surface area contributed by atoms with Crippen LogP contribution in [-0.2, 0) is 19.1 Å². The molecule has 8 nitrogen and oxygen atoms in total. The summed E-state index contributed by atoms with van der Waals surface area (Å²) in [5, 5.41) is 11.6. The number of carbonyl (C=O) groups is 3. The quantitative estimate of drug-likeness (QED) is 0.656. The van der Waals surface area contributed by atoms with Crippen LogP contribution in [-0.4, -0.2) is 46.9 Å². The summed E-state index contributed by atoms with van der Waals surface area (Å²) in [6.45, 7) is 6.49. The Morgan fingerprint density at radius 3 is 2.35 bits per heavy atom. The van der Waals surface area contributed by atoms with Crippen LogP contribution in [0.2, 0.25) is 0 Å². The van der Waals surface area contributed by atoms with Gasteiger partial charge in [0.05, 0.1) is 6.04 Å². The molecule has 4 atom stereocenters. The number of aliphatic carboxylic acids is 1. The number of alkyl carbamates (subject to hydrolysis) is 1. The van der Waals surface area contributed by atoms with Gasteiger partial charge in [0, 0.05) is 25.8 Å². The predicted molar refractivity (Wildman–Crippen MR) is 81.7 cm³/mol. The highest BCUT2D eigenvalue weighted by Crippen LogP contribution is 2.29. The molecule has 23 heavy (non-hydrogen) atoms. The number of hydrogen-bond donors (Lipinski definition) is 3. The van der Waals surface area contributed by atoms with E-state index in [0.717, 1.165) is 0 Å². The summed E-state index contributed by atoms with van der Waals surface area (Å²) in [4.78, 5) is 34.1. The molecule has 0 aromatic carbocycles. The maximum atomic E-state index is 11.9. The Bertz CT molecular complexity index is 459. The van der Waals surface area contributed by atoms with Crippen molar-refractivity contribution in [1.29, 1.82) is 0 Å². The Morgan fingerprint density at radius 2 is 1.87 bits per heavy atom. The highest BCUT2D eigenvalue weighted by Gasteiger charge is 2.39. The first-order valence-corrected chi connectivity index (χ1v) is 7.62. The van der Waals surface area contributed by atoms with Crippen LogP contribution in [0.25, 0.3) is 0 Å². The van der Waals surface area contributed by atoms with Crippen molar-refractivity contribution in [2.45, 2.75) is 70.7 Å². The van der Waals surface area contributed by atoms with Gasteiger partial charge < -0.3 is 25.6 Å². The Kier molecular flexibility index (Phi) is 6.37. The summed E-state index contributed by atoms with van der Waals surface area (Å²) in [5.41, 5.74) is 5.33. The predicted octanol–water partition coefficient (Wildman–Crippen LogP) is 1.02. The van der Waals surface area contributed by atoms with Gasteiger partial charge in [0.25, 0.3) is 0 Å². The fraction of sp³-hybridized carbons (Fsp3) is 0.800. The molecular formula is C15H26N2O6. The Hall–Kier alpha value is -1.83. The van der Waals surface area contributed by atoms with E-state index in [1.165, 1.54) is 6.92 Å². The average Bonchev–Trinajstić information content (AvgIpc) is 2.31. The molecule has 0 unspecified atom stereocenters. The summed E-state index contributed by atoms with van der Waals surface area (Å²) in [7, 11) is 0. The van der Waals surface area contributed by atoms with Crippen molar-refractivity contribution in [3.05, 3.63) is 0 Å². The number of carbonyl (C=O) groups excluding carboxylic acids is 2. The molecule has 1 fully saturated rings. The first-order chi connectivity index (χ1) is 10.5. The van der Waals surface area contributed by atoms with Gasteiger partial charge in [-0.3, -0.25) is 9.59 Å². The van der Waals surface area contributed by atoms with Gasteiger partial charge in [0.1, 0.15) is 11.7 Å². The van der Waals surface area contributed by atoms with E-state index in [9.17, 15) is 14.4 Å². The van der Waals surface area contributed by atoms with E-state index < -0.39 is 41.8 Å². The van der Waals surface area contributed by atoms with Crippen LogP contribution in [0.4, 0.5) is 4.79 Å². The SMILES string of the molecule is CC(=O)O[C@@H]1C[C@@H](N)[C@@H](CC(=O)O)C[C@H]1NC(=O)OC(C)(C)C. The van der Waals surface area contributed by atoms with Crippen molar-refractivity contribution in [3.63, 3.8) is 0 Å². The molecule has 0 aliphatic heterocycles. The van der Waals surface area contributed by atoms with Gasteiger partial charge in [-0.2, -0.15) is 0 Å². The van der Waals surface area contributed by atoms with E-state index in [2.05, 4.69) is 5.32 Å². The van der Waals surface area contributed by atoms with Gasteiger partial charge in [-0.15, -0.1) is 0 Å². The summed E-state index contributed by atoms with van der Waals surface area (Å²) >= 11 is 0. The maximum absolute atomic E-state index is 11.9. The van der Waals surface area contributed by atoms with Crippen molar-refractivity contribution < 1.29 is 29.0 Å². The van der Waals surface area contributed by atoms with Crippen LogP contribution in [0.5, 0.6) is 0 Å². The van der Waals surface area contributed by atoms with E-state index in [4.69, 9.17) is 20.3 Å². The third-order valence-electron chi connectivity index (χ3n) is 3.57. The van der Waals surface area contributed by atoms with Crippen molar-refractivity contribution in [2.24, 2.45) is 11.7 Å². The van der Waals surface area contributed by atoms with Crippen molar-refractivity contribution in [1.82, 2.24) is 5.32 Å². The molecule has 0 radical (unpaired) electrons. The number of nitrogens with one attached hydrogen (secondary N) is 1. The van der Waals surface area contributed by atoms with Crippen molar-refractivity contribution in [2.75, 3.05) is 0 Å². The number of carboxylic acid groups (broad SMARTS) is 1. The second-order valence-electron chi connectivity index (χ2n) is 6.89. The Balaban J connectivity index is 2.80. The summed E-state index contributed by atoms with van der Waals surface area (Å²) in [6.07, 6.45) is -0.729. The molecule has 0 spiro atoms. The highest BCUT2D eigenvalue weighted by atomic mass is 16.6. The lowest BCUT2D eigenvalue weighted by Gasteiger charge is -2.39. The number of carboxylic acids is 1. The Morgan fingerprint density at radius 1 is 1.26 bits per heavy atom. The molecule has 8 heteroatoms. The second-order valence-corrected chi connectivity index (χ2v) is 6.89. The molecule has 132 valence electrons. The largest absolute Gasteiger partial charge is 0.481 e. The van der Waals surface area contributed by atoms with Gasteiger partial charge in [0.15, 0.2) is 0 Å². The maximum Gasteiger partial charge on any atom is 0.408 e.